The van der Waals surface area contributed by atoms with Crippen molar-refractivity contribution in [3.05, 3.63) is 47.0 Å². The number of rotatable bonds is 6. The number of nitrogens with zero attached hydrogens (tertiary/aromatic N) is 1. The summed E-state index contributed by atoms with van der Waals surface area (Å²) in [5.74, 6) is 1.23. The molecule has 8 nitrogen and oxygen atoms in total. The van der Waals surface area contributed by atoms with Gasteiger partial charge in [-0.2, -0.15) is 0 Å². The van der Waals surface area contributed by atoms with Crippen molar-refractivity contribution >= 4 is 21.6 Å². The van der Waals surface area contributed by atoms with Gasteiger partial charge in [0, 0.05) is 48.6 Å². The molecule has 1 fully saturated rings. The number of carbonyl (C=O) groups excluding carboxylic acids is 1. The molecule has 1 aliphatic rings. The van der Waals surface area contributed by atoms with Crippen LogP contribution in [0.2, 0.25) is 0 Å². The number of amides is 1. The van der Waals surface area contributed by atoms with Crippen molar-refractivity contribution in [1.82, 2.24) is 4.90 Å². The lowest BCUT2D eigenvalue weighted by molar-refractivity contribution is 0.0717. The fraction of sp³-hybridized carbons (Fsp3) is 0.409. The number of primary sulfonamides is 1. The Labute approximate surface area is 183 Å². The zero-order valence-electron chi connectivity index (χ0n) is 18.3. The minimum Gasteiger partial charge on any atom is -0.497 e. The second-order valence-corrected chi connectivity index (χ2v) is 9.33. The molecule has 2 aromatic carbocycles. The third kappa shape index (κ3) is 5.29. The highest BCUT2D eigenvalue weighted by Crippen LogP contribution is 2.28. The summed E-state index contributed by atoms with van der Waals surface area (Å²) in [4.78, 5) is 14.8. The predicted octanol–water partition coefficient (Wildman–Crippen LogP) is 2.68. The number of sulfonamides is 1. The molecule has 0 radical (unpaired) electrons. The van der Waals surface area contributed by atoms with Crippen molar-refractivity contribution in [3.8, 4) is 11.5 Å². The first-order valence-corrected chi connectivity index (χ1v) is 11.6. The third-order valence-electron chi connectivity index (χ3n) is 5.70. The molecule has 2 aromatic rings. The summed E-state index contributed by atoms with van der Waals surface area (Å²) in [5.41, 5.74) is 2.76. The smallest absolute Gasteiger partial charge is 0.254 e. The average molecular weight is 448 g/mol. The van der Waals surface area contributed by atoms with Gasteiger partial charge in [-0.1, -0.05) is 0 Å². The second-order valence-electron chi connectivity index (χ2n) is 7.77. The molecule has 31 heavy (non-hydrogen) atoms. The van der Waals surface area contributed by atoms with Gasteiger partial charge in [0.1, 0.15) is 11.5 Å². The van der Waals surface area contributed by atoms with E-state index in [0.717, 1.165) is 29.7 Å². The summed E-state index contributed by atoms with van der Waals surface area (Å²) >= 11 is 0. The fourth-order valence-corrected chi connectivity index (χ4v) is 4.36. The van der Waals surface area contributed by atoms with Crippen LogP contribution >= 0.6 is 0 Å². The van der Waals surface area contributed by atoms with E-state index in [4.69, 9.17) is 14.6 Å². The predicted molar refractivity (Wildman–Crippen MR) is 119 cm³/mol. The number of methoxy groups -OCH3 is 2. The Morgan fingerprint density at radius 1 is 1.03 bits per heavy atom. The van der Waals surface area contributed by atoms with Gasteiger partial charge in [0.2, 0.25) is 10.0 Å². The SMILES string of the molecule is COc1cc(NC2CCN(C(=O)c3cc(S(N)(=O)=O)cc(C)c3C)CC2)cc(OC)c1. The lowest BCUT2D eigenvalue weighted by Gasteiger charge is -2.33. The summed E-state index contributed by atoms with van der Waals surface area (Å²) < 4.78 is 34.2. The van der Waals surface area contributed by atoms with Gasteiger partial charge in [-0.15, -0.1) is 0 Å². The van der Waals surface area contributed by atoms with Gasteiger partial charge >= 0.3 is 0 Å². The highest BCUT2D eigenvalue weighted by molar-refractivity contribution is 7.89. The van der Waals surface area contributed by atoms with Gasteiger partial charge in [0.25, 0.3) is 5.91 Å². The van der Waals surface area contributed by atoms with Gasteiger partial charge in [-0.3, -0.25) is 4.79 Å². The number of piperidine rings is 1. The van der Waals surface area contributed by atoms with E-state index in [1.807, 2.05) is 25.1 Å². The second kappa shape index (κ2) is 9.15. The summed E-state index contributed by atoms with van der Waals surface area (Å²) in [6, 6.07) is 8.70. The van der Waals surface area contributed by atoms with E-state index < -0.39 is 10.0 Å². The number of hydrogen-bond donors (Lipinski definition) is 2. The number of likely N-dealkylation sites (tertiary alicyclic amines) is 1. The van der Waals surface area contributed by atoms with Gasteiger partial charge in [-0.05, 0) is 49.9 Å². The van der Waals surface area contributed by atoms with Crippen molar-refractivity contribution in [2.45, 2.75) is 37.6 Å². The van der Waals surface area contributed by atoms with Crippen LogP contribution in [0.15, 0.2) is 35.2 Å². The molecule has 3 rings (SSSR count). The van der Waals surface area contributed by atoms with Crippen molar-refractivity contribution in [1.29, 1.82) is 0 Å². The normalized spacial score (nSPS) is 14.9. The summed E-state index contributed by atoms with van der Waals surface area (Å²) in [5, 5.41) is 8.76. The fourth-order valence-electron chi connectivity index (χ4n) is 3.74. The number of anilines is 1. The Hall–Kier alpha value is -2.78. The van der Waals surface area contributed by atoms with Crippen LogP contribution in [0.3, 0.4) is 0 Å². The molecule has 0 saturated carbocycles. The molecule has 0 unspecified atom stereocenters. The molecule has 9 heteroatoms. The van der Waals surface area contributed by atoms with Crippen LogP contribution < -0.4 is 19.9 Å². The molecular weight excluding hydrogens is 418 g/mol. The average Bonchev–Trinajstić information content (AvgIpc) is 2.74. The lowest BCUT2D eigenvalue weighted by Crippen LogP contribution is -2.42. The van der Waals surface area contributed by atoms with Crippen LogP contribution in [-0.2, 0) is 10.0 Å². The highest BCUT2D eigenvalue weighted by Gasteiger charge is 2.26. The summed E-state index contributed by atoms with van der Waals surface area (Å²) in [6.07, 6.45) is 1.52. The van der Waals surface area contributed by atoms with Crippen molar-refractivity contribution in [2.75, 3.05) is 32.6 Å². The molecule has 0 aromatic heterocycles. The van der Waals surface area contributed by atoms with Crippen LogP contribution in [0.5, 0.6) is 11.5 Å². The molecule has 168 valence electrons. The number of nitrogens with two attached hydrogens (primary N) is 1. The van der Waals surface area contributed by atoms with Crippen LogP contribution in [0, 0.1) is 13.8 Å². The third-order valence-corrected chi connectivity index (χ3v) is 6.60. The minimum atomic E-state index is -3.88. The number of hydrogen-bond acceptors (Lipinski definition) is 6. The molecule has 0 bridgehead atoms. The molecule has 0 spiro atoms. The summed E-state index contributed by atoms with van der Waals surface area (Å²) in [7, 11) is -0.668. The van der Waals surface area contributed by atoms with Crippen LogP contribution in [0.25, 0.3) is 0 Å². The maximum atomic E-state index is 13.1. The molecule has 1 saturated heterocycles. The number of benzene rings is 2. The lowest BCUT2D eigenvalue weighted by atomic mass is 9.99. The Balaban J connectivity index is 1.70. The van der Waals surface area contributed by atoms with Gasteiger partial charge in [0.05, 0.1) is 19.1 Å². The largest absolute Gasteiger partial charge is 0.497 e. The van der Waals surface area contributed by atoms with Gasteiger partial charge < -0.3 is 19.7 Å². The van der Waals surface area contributed by atoms with Gasteiger partial charge in [0.15, 0.2) is 0 Å². The number of carbonyl (C=O) groups is 1. The molecule has 0 aliphatic carbocycles. The first-order chi connectivity index (χ1) is 14.6. The molecule has 1 aliphatic heterocycles. The van der Waals surface area contributed by atoms with E-state index in [-0.39, 0.29) is 16.8 Å². The van der Waals surface area contributed by atoms with E-state index in [2.05, 4.69) is 5.32 Å². The topological polar surface area (TPSA) is 111 Å². The molecule has 1 amide bonds. The van der Waals surface area contributed by atoms with E-state index in [1.165, 1.54) is 12.1 Å². The highest BCUT2D eigenvalue weighted by atomic mass is 32.2. The van der Waals surface area contributed by atoms with Crippen molar-refractivity contribution in [3.63, 3.8) is 0 Å². The molecule has 0 atom stereocenters. The van der Waals surface area contributed by atoms with Crippen LogP contribution in [-0.4, -0.2) is 52.6 Å². The van der Waals surface area contributed by atoms with E-state index in [1.54, 1.807) is 26.0 Å². The maximum absolute atomic E-state index is 13.1. The molecule has 1 heterocycles. The van der Waals surface area contributed by atoms with Crippen LogP contribution in [0.4, 0.5) is 5.69 Å². The van der Waals surface area contributed by atoms with Gasteiger partial charge in [-0.25, -0.2) is 13.6 Å². The zero-order valence-corrected chi connectivity index (χ0v) is 19.1. The number of nitrogens with one attached hydrogen (secondary N) is 1. The quantitative estimate of drug-likeness (QED) is 0.704. The molecule has 3 N–H and O–H groups in total. The first-order valence-electron chi connectivity index (χ1n) is 10.1. The molecular formula is C22H29N3O5S. The van der Waals surface area contributed by atoms with Crippen molar-refractivity contribution in [2.24, 2.45) is 5.14 Å². The Morgan fingerprint density at radius 3 is 2.13 bits per heavy atom. The zero-order chi connectivity index (χ0) is 22.8. The van der Waals surface area contributed by atoms with E-state index in [0.29, 0.717) is 30.2 Å². The number of ether oxygens (including phenoxy) is 2. The van der Waals surface area contributed by atoms with E-state index in [9.17, 15) is 13.2 Å². The first kappa shape index (κ1) is 22.9. The Bertz CT molecular complexity index is 1050. The number of aryl methyl sites for hydroxylation is 1. The maximum Gasteiger partial charge on any atom is 0.254 e. The van der Waals surface area contributed by atoms with Crippen LogP contribution in [0.1, 0.15) is 34.3 Å². The standard InChI is InChI=1S/C22H29N3O5S/c1-14-9-20(31(23,27)28)13-21(15(14)2)22(26)25-7-5-16(6-8-25)24-17-10-18(29-3)12-19(11-17)30-4/h9-13,16,24H,5-8H2,1-4H3,(H2,23,27,28). The van der Waals surface area contributed by atoms with Crippen molar-refractivity contribution < 1.29 is 22.7 Å². The monoisotopic (exact) mass is 447 g/mol. The Kier molecular flexibility index (Phi) is 6.76. The summed E-state index contributed by atoms with van der Waals surface area (Å²) in [6.45, 7) is 4.73. The minimum absolute atomic E-state index is 0.0394. The Morgan fingerprint density at radius 2 is 1.61 bits per heavy atom. The van der Waals surface area contributed by atoms with E-state index >= 15 is 0 Å².